The highest BCUT2D eigenvalue weighted by Gasteiger charge is 2.34. The Morgan fingerprint density at radius 1 is 1.05 bits per heavy atom. The molecule has 7 nitrogen and oxygen atoms in total. The van der Waals surface area contributed by atoms with E-state index < -0.39 is 0 Å². The fourth-order valence-corrected chi connectivity index (χ4v) is 6.28. The van der Waals surface area contributed by atoms with Crippen LogP contribution < -0.4 is 5.32 Å². The summed E-state index contributed by atoms with van der Waals surface area (Å²) in [6, 6.07) is 18.6. The molecule has 2 N–H and O–H groups in total. The second-order valence-corrected chi connectivity index (χ2v) is 11.7. The molecule has 43 heavy (non-hydrogen) atoms. The minimum atomic E-state index is 0.240. The van der Waals surface area contributed by atoms with Gasteiger partial charge in [-0.05, 0) is 85.4 Å². The Bertz CT molecular complexity index is 1640. The highest BCUT2D eigenvalue weighted by Crippen LogP contribution is 2.35. The number of phenolic OH excluding ortho intramolecular Hbond substituents is 1. The summed E-state index contributed by atoms with van der Waals surface area (Å²) < 4.78 is 6.33. The number of hydrogen-bond acceptors (Lipinski definition) is 6. The number of piperazine rings is 1. The van der Waals surface area contributed by atoms with Crippen LogP contribution in [-0.4, -0.2) is 57.6 Å². The molecule has 7 heteroatoms. The maximum atomic E-state index is 10.5. The number of ether oxygens (including phenoxy) is 1. The minimum Gasteiger partial charge on any atom is -0.508 e. The molecule has 2 aliphatic rings. The Morgan fingerprint density at radius 2 is 1.84 bits per heavy atom. The smallest absolute Gasteiger partial charge is 0.211 e. The zero-order valence-electron chi connectivity index (χ0n) is 25.4. The average Bonchev–Trinajstić information content (AvgIpc) is 3.36. The van der Waals surface area contributed by atoms with Gasteiger partial charge in [0.25, 0.3) is 0 Å². The number of amidine groups is 1. The Kier molecular flexibility index (Phi) is 8.70. The van der Waals surface area contributed by atoms with Crippen LogP contribution in [0.2, 0.25) is 0 Å². The van der Waals surface area contributed by atoms with Gasteiger partial charge in [0.15, 0.2) is 0 Å². The van der Waals surface area contributed by atoms with Crippen LogP contribution in [0.25, 0.3) is 22.0 Å². The molecular formula is C36H41N5O2. The van der Waals surface area contributed by atoms with E-state index in [1.807, 2.05) is 54.9 Å². The van der Waals surface area contributed by atoms with Gasteiger partial charge >= 0.3 is 0 Å². The maximum Gasteiger partial charge on any atom is 0.211 e. The third-order valence-electron chi connectivity index (χ3n) is 8.66. The van der Waals surface area contributed by atoms with Crippen molar-refractivity contribution in [1.82, 2.24) is 20.2 Å². The molecule has 222 valence electrons. The van der Waals surface area contributed by atoms with Crippen LogP contribution in [0.5, 0.6) is 5.75 Å². The van der Waals surface area contributed by atoms with Gasteiger partial charge < -0.3 is 20.1 Å². The summed E-state index contributed by atoms with van der Waals surface area (Å²) in [4.78, 5) is 17.2. The standard InChI is InChI=1S/C36H41N5O2/c1-4-5-13-34(43-18-16-27-11-8-9-17-37-27)40-36(41-22-28-14-15-29(23-41)39-28)33-21-38-35(25(3)24(33)2)32-20-30(42)19-26-10-6-7-12-31(26)32/h6-13,17,19-21,28-29,39,42H,4-5,14-16,18,22-23H2,1-3H3/b34-13-,40-36+. The van der Waals surface area contributed by atoms with Gasteiger partial charge in [-0.15, -0.1) is 0 Å². The number of pyridine rings is 2. The second-order valence-electron chi connectivity index (χ2n) is 11.7. The zero-order valence-corrected chi connectivity index (χ0v) is 25.4. The molecule has 2 bridgehead atoms. The molecule has 2 unspecified atom stereocenters. The van der Waals surface area contributed by atoms with Crippen LogP contribution in [0.1, 0.15) is 55.0 Å². The number of likely N-dealkylation sites (tertiary alicyclic amines) is 1. The number of aromatic nitrogens is 2. The third-order valence-corrected chi connectivity index (χ3v) is 8.66. The maximum absolute atomic E-state index is 10.5. The van der Waals surface area contributed by atoms with Crippen LogP contribution in [0, 0.1) is 13.8 Å². The number of hydrogen-bond donors (Lipinski definition) is 2. The van der Waals surface area contributed by atoms with Crippen molar-refractivity contribution in [3.8, 4) is 17.0 Å². The molecule has 2 atom stereocenters. The summed E-state index contributed by atoms with van der Waals surface area (Å²) in [7, 11) is 0. The van der Waals surface area contributed by atoms with Crippen molar-refractivity contribution in [2.24, 2.45) is 4.99 Å². The fourth-order valence-electron chi connectivity index (χ4n) is 6.28. The highest BCUT2D eigenvalue weighted by atomic mass is 16.5. The number of nitrogens with one attached hydrogen (secondary N) is 1. The summed E-state index contributed by atoms with van der Waals surface area (Å²) in [5.41, 5.74) is 6.04. The SMILES string of the molecule is CCC/C=C(/N=C(\c1cnc(-c2cc(O)cc3ccccc23)c(C)c1C)N1CC2CCC(C1)N2)OCCc1ccccn1. The fraction of sp³-hybridized carbons (Fsp3) is 0.361. The van der Waals surface area contributed by atoms with Gasteiger partial charge in [0.2, 0.25) is 5.88 Å². The van der Waals surface area contributed by atoms with Crippen molar-refractivity contribution in [3.63, 3.8) is 0 Å². The number of unbranched alkanes of at least 4 members (excludes halogenated alkanes) is 1. The summed E-state index contributed by atoms with van der Waals surface area (Å²) in [5.74, 6) is 1.81. The predicted molar refractivity (Wildman–Crippen MR) is 173 cm³/mol. The van der Waals surface area contributed by atoms with Crippen molar-refractivity contribution in [3.05, 3.63) is 101 Å². The largest absolute Gasteiger partial charge is 0.508 e. The number of fused-ring (bicyclic) bond motifs is 3. The topological polar surface area (TPSA) is 82.9 Å². The lowest BCUT2D eigenvalue weighted by Crippen LogP contribution is -2.53. The normalized spacial score (nSPS) is 18.8. The van der Waals surface area contributed by atoms with Gasteiger partial charge in [-0.3, -0.25) is 9.97 Å². The Labute approximate surface area is 254 Å². The number of nitrogens with zero attached hydrogens (tertiary/aromatic N) is 4. The van der Waals surface area contributed by atoms with E-state index in [1.165, 1.54) is 12.8 Å². The van der Waals surface area contributed by atoms with Crippen LogP contribution >= 0.6 is 0 Å². The number of allylic oxidation sites excluding steroid dienone is 1. The molecule has 0 saturated carbocycles. The Balaban J connectivity index is 1.39. The molecule has 0 aliphatic carbocycles. The minimum absolute atomic E-state index is 0.240. The molecule has 6 rings (SSSR count). The molecule has 0 spiro atoms. The van der Waals surface area contributed by atoms with Gasteiger partial charge in [0, 0.05) is 60.8 Å². The van der Waals surface area contributed by atoms with Crippen molar-refractivity contribution in [2.75, 3.05) is 19.7 Å². The lowest BCUT2D eigenvalue weighted by Gasteiger charge is -2.36. The first kappa shape index (κ1) is 28.9. The molecule has 0 radical (unpaired) electrons. The number of aromatic hydroxyl groups is 1. The second kappa shape index (κ2) is 13.0. The van der Waals surface area contributed by atoms with E-state index in [9.17, 15) is 5.11 Å². The summed E-state index contributed by atoms with van der Waals surface area (Å²) in [6.45, 7) is 8.77. The highest BCUT2D eigenvalue weighted by molar-refractivity contribution is 6.02. The molecular weight excluding hydrogens is 534 g/mol. The lowest BCUT2D eigenvalue weighted by molar-refractivity contribution is 0.209. The van der Waals surface area contributed by atoms with E-state index in [-0.39, 0.29) is 5.75 Å². The number of phenols is 1. The van der Waals surface area contributed by atoms with E-state index in [0.29, 0.717) is 24.6 Å². The van der Waals surface area contributed by atoms with Crippen LogP contribution in [-0.2, 0) is 11.2 Å². The van der Waals surface area contributed by atoms with Gasteiger partial charge in [0.1, 0.15) is 11.6 Å². The van der Waals surface area contributed by atoms with Crippen molar-refractivity contribution in [1.29, 1.82) is 0 Å². The molecule has 2 fully saturated rings. The first-order chi connectivity index (χ1) is 21.0. The average molecular weight is 576 g/mol. The lowest BCUT2D eigenvalue weighted by atomic mass is 9.94. The summed E-state index contributed by atoms with van der Waals surface area (Å²) in [6.07, 6.45) is 10.9. The quantitative estimate of drug-likeness (QED) is 0.131. The van der Waals surface area contributed by atoms with Gasteiger partial charge in [0.05, 0.1) is 12.3 Å². The molecule has 2 aliphatic heterocycles. The summed E-state index contributed by atoms with van der Waals surface area (Å²) in [5, 5.41) is 16.4. The van der Waals surface area contributed by atoms with E-state index in [4.69, 9.17) is 14.7 Å². The van der Waals surface area contributed by atoms with Gasteiger partial charge in [-0.25, -0.2) is 0 Å². The van der Waals surface area contributed by atoms with Crippen molar-refractivity contribution < 1.29 is 9.84 Å². The first-order valence-electron chi connectivity index (χ1n) is 15.5. The predicted octanol–water partition coefficient (Wildman–Crippen LogP) is 6.70. The van der Waals surface area contributed by atoms with E-state index >= 15 is 0 Å². The van der Waals surface area contributed by atoms with Crippen molar-refractivity contribution >= 4 is 16.6 Å². The Hall–Kier alpha value is -4.23. The Morgan fingerprint density at radius 3 is 2.60 bits per heavy atom. The van der Waals surface area contributed by atoms with Gasteiger partial charge in [-0.2, -0.15) is 4.99 Å². The number of benzene rings is 2. The molecule has 0 amide bonds. The van der Waals surface area contributed by atoms with Crippen LogP contribution in [0.15, 0.2) is 83.9 Å². The van der Waals surface area contributed by atoms with Crippen LogP contribution in [0.3, 0.4) is 0 Å². The summed E-state index contributed by atoms with van der Waals surface area (Å²) >= 11 is 0. The van der Waals surface area contributed by atoms with Crippen molar-refractivity contribution in [2.45, 2.75) is 65.0 Å². The zero-order chi connectivity index (χ0) is 29.8. The monoisotopic (exact) mass is 575 g/mol. The third kappa shape index (κ3) is 6.42. The molecule has 4 heterocycles. The van der Waals surface area contributed by atoms with E-state index in [2.05, 4.69) is 48.1 Å². The van der Waals surface area contributed by atoms with E-state index in [0.717, 1.165) is 82.6 Å². The molecule has 2 aromatic heterocycles. The van der Waals surface area contributed by atoms with E-state index in [1.54, 1.807) is 6.07 Å². The number of aliphatic imine (C=N–C) groups is 1. The van der Waals surface area contributed by atoms with Crippen LogP contribution in [0.4, 0.5) is 0 Å². The molecule has 4 aromatic rings. The first-order valence-corrected chi connectivity index (χ1v) is 15.5. The van der Waals surface area contributed by atoms with Gasteiger partial charge in [-0.1, -0.05) is 43.7 Å². The molecule has 2 saturated heterocycles. The number of rotatable bonds is 9. The molecule has 2 aromatic carbocycles.